The minimum absolute atomic E-state index is 0.00264. The van der Waals surface area contributed by atoms with Gasteiger partial charge in [-0.25, -0.2) is 8.42 Å². The smallest absolute Gasteiger partial charge is 0.265 e. The molecule has 1 amide bonds. The van der Waals surface area contributed by atoms with E-state index in [2.05, 4.69) is 5.32 Å². The molecule has 1 unspecified atom stereocenters. The number of hydrogen-bond donors (Lipinski definition) is 1. The van der Waals surface area contributed by atoms with E-state index in [1.54, 1.807) is 0 Å². The van der Waals surface area contributed by atoms with Gasteiger partial charge in [0, 0.05) is 21.7 Å². The van der Waals surface area contributed by atoms with Gasteiger partial charge in [-0.1, -0.05) is 11.6 Å². The van der Waals surface area contributed by atoms with Crippen molar-refractivity contribution in [2.45, 2.75) is 36.8 Å². The molecule has 0 radical (unpaired) electrons. The number of amides is 1. The van der Waals surface area contributed by atoms with Crippen LogP contribution in [-0.4, -0.2) is 26.5 Å². The van der Waals surface area contributed by atoms with Gasteiger partial charge in [-0.15, -0.1) is 0 Å². The van der Waals surface area contributed by atoms with Crippen LogP contribution in [0.2, 0.25) is 5.02 Å². The quantitative estimate of drug-likeness (QED) is 0.837. The summed E-state index contributed by atoms with van der Waals surface area (Å²) >= 11 is 5.74. The molecule has 1 atom stereocenters. The zero-order valence-electron chi connectivity index (χ0n) is 10.6. The van der Waals surface area contributed by atoms with Crippen molar-refractivity contribution in [3.8, 4) is 5.75 Å². The van der Waals surface area contributed by atoms with E-state index in [-0.39, 0.29) is 27.6 Å². The lowest BCUT2D eigenvalue weighted by Crippen LogP contribution is -2.37. The van der Waals surface area contributed by atoms with Gasteiger partial charge in [0.15, 0.2) is 6.10 Å². The number of rotatable bonds is 5. The number of hydrogen-bond acceptors (Lipinski definition) is 4. The van der Waals surface area contributed by atoms with Gasteiger partial charge in [0.05, 0.1) is 0 Å². The largest absolute Gasteiger partial charge is 0.479 e. The third kappa shape index (κ3) is 4.01. The summed E-state index contributed by atoms with van der Waals surface area (Å²) in [6.45, 7) is 1.54. The van der Waals surface area contributed by atoms with Gasteiger partial charge >= 0.3 is 0 Å². The highest BCUT2D eigenvalue weighted by Gasteiger charge is 2.27. The van der Waals surface area contributed by atoms with Gasteiger partial charge in [0.2, 0.25) is 0 Å². The Hall–Kier alpha value is -0.980. The van der Waals surface area contributed by atoms with Gasteiger partial charge in [-0.2, -0.15) is 0 Å². The van der Waals surface area contributed by atoms with E-state index in [0.29, 0.717) is 0 Å². The third-order valence-corrected chi connectivity index (χ3v) is 4.34. The first-order chi connectivity index (χ1) is 9.27. The van der Waals surface area contributed by atoms with Crippen LogP contribution in [0.5, 0.6) is 5.75 Å². The Kier molecular flexibility index (Phi) is 4.46. The summed E-state index contributed by atoms with van der Waals surface area (Å²) in [5, 5.41) is 2.99. The van der Waals surface area contributed by atoms with Crippen molar-refractivity contribution in [3.63, 3.8) is 0 Å². The molecule has 1 aliphatic rings. The standard InChI is InChI=1S/C12H13Cl2NO4S/c1-7(12(16)15-9-3-4-9)19-10-5-2-8(13)6-11(10)20(14,17)18/h2,5-7,9H,3-4H2,1H3,(H,15,16). The van der Waals surface area contributed by atoms with E-state index in [0.717, 1.165) is 12.8 Å². The van der Waals surface area contributed by atoms with Gasteiger partial charge in [0.25, 0.3) is 15.0 Å². The van der Waals surface area contributed by atoms with Crippen LogP contribution in [0.3, 0.4) is 0 Å². The summed E-state index contributed by atoms with van der Waals surface area (Å²) in [6.07, 6.45) is 1.09. The highest BCUT2D eigenvalue weighted by atomic mass is 35.7. The highest BCUT2D eigenvalue weighted by Crippen LogP contribution is 2.30. The van der Waals surface area contributed by atoms with E-state index in [9.17, 15) is 13.2 Å². The monoisotopic (exact) mass is 337 g/mol. The van der Waals surface area contributed by atoms with Crippen molar-refractivity contribution >= 4 is 37.2 Å². The van der Waals surface area contributed by atoms with E-state index < -0.39 is 15.2 Å². The molecule has 1 aromatic rings. The molecule has 1 saturated carbocycles. The zero-order chi connectivity index (χ0) is 14.9. The van der Waals surface area contributed by atoms with Gasteiger partial charge in [-0.3, -0.25) is 4.79 Å². The number of carbonyl (C=O) groups is 1. The molecule has 0 aromatic heterocycles. The average Bonchev–Trinajstić information content (AvgIpc) is 3.13. The van der Waals surface area contributed by atoms with Crippen LogP contribution in [0.1, 0.15) is 19.8 Å². The Bertz CT molecular complexity index is 628. The maximum absolute atomic E-state index is 11.8. The van der Waals surface area contributed by atoms with Crippen molar-refractivity contribution < 1.29 is 17.9 Å². The van der Waals surface area contributed by atoms with Gasteiger partial charge in [0.1, 0.15) is 10.6 Å². The number of benzene rings is 1. The van der Waals surface area contributed by atoms with Crippen molar-refractivity contribution in [1.82, 2.24) is 5.32 Å². The van der Waals surface area contributed by atoms with Crippen LogP contribution < -0.4 is 10.1 Å². The minimum atomic E-state index is -4.01. The second-order valence-corrected chi connectivity index (χ2v) is 7.54. The Morgan fingerprint density at radius 3 is 2.65 bits per heavy atom. The molecule has 1 aliphatic carbocycles. The fourth-order valence-electron chi connectivity index (χ4n) is 1.56. The first-order valence-corrected chi connectivity index (χ1v) is 8.67. The fourth-order valence-corrected chi connectivity index (χ4v) is 2.78. The molecule has 8 heteroatoms. The summed E-state index contributed by atoms with van der Waals surface area (Å²) < 4.78 is 28.3. The summed E-state index contributed by atoms with van der Waals surface area (Å²) in [5.74, 6) is -0.289. The molecule has 1 fully saturated rings. The van der Waals surface area contributed by atoms with Crippen LogP contribution >= 0.6 is 22.3 Å². The number of ether oxygens (including phenoxy) is 1. The number of carbonyl (C=O) groups excluding carboxylic acids is 1. The van der Waals surface area contributed by atoms with Crippen molar-refractivity contribution in [1.29, 1.82) is 0 Å². The van der Waals surface area contributed by atoms with Crippen LogP contribution in [-0.2, 0) is 13.8 Å². The van der Waals surface area contributed by atoms with E-state index in [1.807, 2.05) is 0 Å². The molecule has 2 rings (SSSR count). The molecule has 1 N–H and O–H groups in total. The number of halogens is 2. The first kappa shape index (κ1) is 15.4. The van der Waals surface area contributed by atoms with Crippen molar-refractivity contribution in [2.24, 2.45) is 0 Å². The molecule has 20 heavy (non-hydrogen) atoms. The number of nitrogens with one attached hydrogen (secondary N) is 1. The maximum atomic E-state index is 11.8. The Balaban J connectivity index is 2.17. The zero-order valence-corrected chi connectivity index (χ0v) is 12.9. The second-order valence-electron chi connectivity index (χ2n) is 4.57. The van der Waals surface area contributed by atoms with E-state index in [1.165, 1.54) is 25.1 Å². The Labute approximate surface area is 126 Å². The predicted molar refractivity (Wildman–Crippen MR) is 75.7 cm³/mol. The fraction of sp³-hybridized carbons (Fsp3) is 0.417. The molecule has 0 aliphatic heterocycles. The topological polar surface area (TPSA) is 72.5 Å². The molecule has 0 heterocycles. The van der Waals surface area contributed by atoms with Gasteiger partial charge < -0.3 is 10.1 Å². The summed E-state index contributed by atoms with van der Waals surface area (Å²) in [4.78, 5) is 11.5. The van der Waals surface area contributed by atoms with Crippen molar-refractivity contribution in [3.05, 3.63) is 23.2 Å². The molecule has 0 spiro atoms. The normalized spacial score (nSPS) is 16.6. The molecule has 1 aromatic carbocycles. The molecule has 0 saturated heterocycles. The third-order valence-electron chi connectivity index (χ3n) is 2.77. The first-order valence-electron chi connectivity index (χ1n) is 5.98. The Morgan fingerprint density at radius 2 is 2.10 bits per heavy atom. The lowest BCUT2D eigenvalue weighted by atomic mass is 10.3. The Morgan fingerprint density at radius 1 is 1.45 bits per heavy atom. The van der Waals surface area contributed by atoms with Crippen LogP contribution in [0.4, 0.5) is 0 Å². The second kappa shape index (κ2) is 5.79. The minimum Gasteiger partial charge on any atom is -0.479 e. The predicted octanol–water partition coefficient (Wildman–Crippen LogP) is 2.31. The average molecular weight is 338 g/mol. The molecular formula is C12H13Cl2NO4S. The summed E-state index contributed by atoms with van der Waals surface area (Å²) in [7, 11) is 1.32. The SMILES string of the molecule is CC(Oc1ccc(Cl)cc1S(=O)(=O)Cl)C(=O)NC1CC1. The lowest BCUT2D eigenvalue weighted by Gasteiger charge is -2.16. The van der Waals surface area contributed by atoms with Crippen molar-refractivity contribution in [2.75, 3.05) is 0 Å². The summed E-state index contributed by atoms with van der Waals surface area (Å²) in [6, 6.07) is 4.23. The molecule has 5 nitrogen and oxygen atoms in total. The van der Waals surface area contributed by atoms with Crippen LogP contribution in [0.25, 0.3) is 0 Å². The lowest BCUT2D eigenvalue weighted by molar-refractivity contribution is -0.127. The van der Waals surface area contributed by atoms with Gasteiger partial charge in [-0.05, 0) is 38.0 Å². The highest BCUT2D eigenvalue weighted by molar-refractivity contribution is 8.13. The molecule has 0 bridgehead atoms. The van der Waals surface area contributed by atoms with E-state index in [4.69, 9.17) is 27.0 Å². The maximum Gasteiger partial charge on any atom is 0.265 e. The van der Waals surface area contributed by atoms with Crippen LogP contribution in [0.15, 0.2) is 23.1 Å². The van der Waals surface area contributed by atoms with Crippen LogP contribution in [0, 0.1) is 0 Å². The molecule has 110 valence electrons. The molecular weight excluding hydrogens is 325 g/mol. The summed E-state index contributed by atoms with van der Waals surface area (Å²) in [5.41, 5.74) is 0. The van der Waals surface area contributed by atoms with E-state index >= 15 is 0 Å².